The zero-order chi connectivity index (χ0) is 7.65. The molecule has 0 fully saturated rings. The van der Waals surface area contributed by atoms with E-state index in [-0.39, 0.29) is 29.6 Å². The Morgan fingerprint density at radius 2 is 2.71 bits per heavy atom. The third-order valence-electron chi connectivity index (χ3n) is 0.209. The Bertz CT molecular complexity index is 126. The van der Waals surface area contributed by atoms with Crippen molar-refractivity contribution in [2.45, 2.75) is 13.0 Å². The smallest absolute Gasteiger partial charge is 0.547 e. The molecule has 0 spiro atoms. The van der Waals surface area contributed by atoms with Crippen LogP contribution in [0.3, 0.4) is 0 Å². The molecule has 0 aromatic heterocycles. The number of hydrogen-bond donors (Lipinski definition) is 1. The molecular formula is C3H5NaO3. The average Bonchev–Trinajstić information content (AvgIpc) is 1.65. The van der Waals surface area contributed by atoms with E-state index in [9.17, 15) is 9.90 Å². The van der Waals surface area contributed by atoms with Crippen LogP contribution in [0.2, 0.25) is 0 Å². The van der Waals surface area contributed by atoms with Crippen molar-refractivity contribution in [2.75, 3.05) is 0 Å². The van der Waals surface area contributed by atoms with Gasteiger partial charge >= 0.3 is 29.6 Å². The van der Waals surface area contributed by atoms with Gasteiger partial charge in [-0.1, -0.05) is 0 Å². The maximum Gasteiger partial charge on any atom is 1.00 e. The molecule has 0 radical (unpaired) electrons. The predicted octanol–water partition coefficient (Wildman–Crippen LogP) is -4.88. The predicted molar refractivity (Wildman–Crippen MR) is 16.7 cm³/mol. The number of carboxylic acids is 1. The van der Waals surface area contributed by atoms with Crippen LogP contribution in [0.15, 0.2) is 0 Å². The van der Waals surface area contributed by atoms with Crippen molar-refractivity contribution in [3.63, 3.8) is 0 Å². The van der Waals surface area contributed by atoms with Crippen molar-refractivity contribution in [3.8, 4) is 0 Å². The van der Waals surface area contributed by atoms with Crippen molar-refractivity contribution in [2.24, 2.45) is 0 Å². The van der Waals surface area contributed by atoms with Crippen LogP contribution in [0.1, 0.15) is 11.0 Å². The number of aliphatic hydroxyl groups is 1. The van der Waals surface area contributed by atoms with Crippen LogP contribution in [0.25, 0.3) is 0 Å². The molecular weight excluding hydrogens is 107 g/mol. The van der Waals surface area contributed by atoms with E-state index < -0.39 is 18.9 Å². The molecule has 0 aliphatic carbocycles. The van der Waals surface area contributed by atoms with Crippen LogP contribution in [0.5, 0.6) is 0 Å². The van der Waals surface area contributed by atoms with E-state index in [2.05, 4.69) is 0 Å². The molecule has 0 aromatic rings. The summed E-state index contributed by atoms with van der Waals surface area (Å²) in [6.45, 7) is -2.15. The molecule has 1 unspecified atom stereocenters. The zero-order valence-corrected chi connectivity index (χ0v) is 5.84. The Hall–Kier alpha value is 0.430. The fourth-order valence-corrected chi connectivity index (χ4v) is 0. The van der Waals surface area contributed by atoms with Crippen LogP contribution in [-0.4, -0.2) is 17.2 Å². The van der Waals surface area contributed by atoms with Crippen molar-refractivity contribution in [1.82, 2.24) is 0 Å². The number of carboxylic acid groups (broad SMARTS) is 1. The first kappa shape index (κ1) is 4.32. The van der Waals surface area contributed by atoms with Crippen LogP contribution < -0.4 is 34.7 Å². The molecule has 0 bridgehead atoms. The number of rotatable bonds is 1. The summed E-state index contributed by atoms with van der Waals surface area (Å²) in [5, 5.41) is 18.0. The normalized spacial score (nSPS) is 22.9. The molecule has 0 amide bonds. The third kappa shape index (κ3) is 6.43. The monoisotopic (exact) mass is 115 g/mol. The first-order valence-corrected chi connectivity index (χ1v) is 1.17. The van der Waals surface area contributed by atoms with Gasteiger partial charge in [0.25, 0.3) is 0 Å². The standard InChI is InChI=1S/C3H6O3.Na/c1-2(4)3(5)6;/h2,4H,1H3,(H,5,6);/q;+1/p-1/i1D2,2D;. The maximum atomic E-state index is 9.67. The van der Waals surface area contributed by atoms with Crippen molar-refractivity contribution in [1.29, 1.82) is 0 Å². The summed E-state index contributed by atoms with van der Waals surface area (Å²) in [6.07, 6.45) is -3.11. The fraction of sp³-hybridized carbons (Fsp3) is 0.667. The van der Waals surface area contributed by atoms with Gasteiger partial charge in [-0.2, -0.15) is 0 Å². The summed E-state index contributed by atoms with van der Waals surface area (Å²) in [7, 11) is 0. The van der Waals surface area contributed by atoms with E-state index in [4.69, 9.17) is 9.22 Å². The van der Waals surface area contributed by atoms with Crippen molar-refractivity contribution >= 4 is 5.97 Å². The van der Waals surface area contributed by atoms with Gasteiger partial charge in [0.1, 0.15) is 0 Å². The molecule has 3 nitrogen and oxygen atoms in total. The summed E-state index contributed by atoms with van der Waals surface area (Å²) in [5.74, 6) is -2.13. The van der Waals surface area contributed by atoms with Gasteiger partial charge in [0, 0.05) is 2.74 Å². The second-order valence-corrected chi connectivity index (χ2v) is 0.673. The van der Waals surface area contributed by atoms with Gasteiger partial charge in [0.2, 0.25) is 0 Å². The van der Waals surface area contributed by atoms with E-state index in [1.807, 2.05) is 0 Å². The summed E-state index contributed by atoms with van der Waals surface area (Å²) in [4.78, 5) is 9.67. The van der Waals surface area contributed by atoms with E-state index in [0.29, 0.717) is 0 Å². The van der Waals surface area contributed by atoms with Gasteiger partial charge in [-0.3, -0.25) is 0 Å². The molecule has 0 aliphatic rings. The minimum atomic E-state index is -3.11. The molecule has 0 saturated heterocycles. The number of carbonyl (C=O) groups excluding carboxylic acids is 1. The molecule has 0 saturated carbocycles. The average molecular weight is 115 g/mol. The summed E-state index contributed by atoms with van der Waals surface area (Å²) in [5.41, 5.74) is 0. The molecule has 0 aromatic carbocycles. The Kier molecular flexibility index (Phi) is 2.83. The molecule has 36 valence electrons. The Morgan fingerprint density at radius 1 is 2.29 bits per heavy atom. The largest absolute Gasteiger partial charge is 1.00 e. The Morgan fingerprint density at radius 3 is 2.71 bits per heavy atom. The topological polar surface area (TPSA) is 60.4 Å². The molecule has 0 heterocycles. The van der Waals surface area contributed by atoms with E-state index in [0.717, 1.165) is 0 Å². The van der Waals surface area contributed by atoms with Crippen molar-refractivity contribution in [3.05, 3.63) is 0 Å². The van der Waals surface area contributed by atoms with Crippen molar-refractivity contribution < 1.29 is 48.7 Å². The quantitative estimate of drug-likeness (QED) is 0.348. The van der Waals surface area contributed by atoms with Gasteiger partial charge < -0.3 is 15.0 Å². The van der Waals surface area contributed by atoms with E-state index >= 15 is 0 Å². The zero-order valence-electron chi connectivity index (χ0n) is 6.84. The number of carbonyl (C=O) groups is 1. The SMILES string of the molecule is [2H]C([2H])C([2H])(O)C(=O)[O-].[Na+]. The van der Waals surface area contributed by atoms with Gasteiger partial charge in [-0.25, -0.2) is 0 Å². The van der Waals surface area contributed by atoms with Crippen LogP contribution in [0, 0.1) is 0 Å². The number of hydrogen-bond acceptors (Lipinski definition) is 3. The van der Waals surface area contributed by atoms with Gasteiger partial charge in [-0.05, 0) is 6.88 Å². The second-order valence-electron chi connectivity index (χ2n) is 0.673. The summed E-state index contributed by atoms with van der Waals surface area (Å²) >= 11 is 0. The van der Waals surface area contributed by atoms with Crippen LogP contribution in [-0.2, 0) is 4.79 Å². The summed E-state index contributed by atoms with van der Waals surface area (Å²) < 4.78 is 19.0. The Labute approximate surface area is 67.8 Å². The first-order valence-electron chi connectivity index (χ1n) is 2.83. The fourth-order valence-electron chi connectivity index (χ4n) is 0. The minimum absolute atomic E-state index is 0. The molecule has 1 N–H and O–H groups in total. The molecule has 7 heavy (non-hydrogen) atoms. The first-order chi connectivity index (χ1) is 3.89. The molecule has 0 aliphatic heterocycles. The van der Waals surface area contributed by atoms with Gasteiger partial charge in [0.15, 0.2) is 0 Å². The van der Waals surface area contributed by atoms with Crippen LogP contribution >= 0.6 is 0 Å². The van der Waals surface area contributed by atoms with E-state index in [1.165, 1.54) is 0 Å². The molecule has 1 atom stereocenters. The van der Waals surface area contributed by atoms with Gasteiger partial charge in [0.05, 0.1) is 13.4 Å². The Balaban J connectivity index is 0. The van der Waals surface area contributed by atoms with Gasteiger partial charge in [-0.15, -0.1) is 0 Å². The third-order valence-corrected chi connectivity index (χ3v) is 0.209. The molecule has 0 rings (SSSR count). The second kappa shape index (κ2) is 4.59. The maximum absolute atomic E-state index is 9.67. The molecule has 4 heteroatoms. The van der Waals surface area contributed by atoms with E-state index in [1.54, 1.807) is 0 Å². The minimum Gasteiger partial charge on any atom is -0.547 e. The van der Waals surface area contributed by atoms with Crippen LogP contribution in [0.4, 0.5) is 0 Å². The summed E-state index contributed by atoms with van der Waals surface area (Å²) in [6, 6.07) is 0. The number of aliphatic carboxylic acids is 1.